The molecule has 0 aromatic heterocycles. The van der Waals surface area contributed by atoms with Gasteiger partial charge in [-0.25, -0.2) is 4.79 Å². The zero-order valence-electron chi connectivity index (χ0n) is 9.56. The first-order chi connectivity index (χ1) is 8.66. The average Bonchev–Trinajstić information content (AvgIpc) is 2.36. The Bertz CT molecular complexity index is 569. The Morgan fingerprint density at radius 3 is 2.67 bits per heavy atom. The van der Waals surface area contributed by atoms with Gasteiger partial charge in [-0.15, -0.1) is 0 Å². The van der Waals surface area contributed by atoms with E-state index in [2.05, 4.69) is 5.32 Å². The third-order valence-corrected chi connectivity index (χ3v) is 2.82. The molecule has 0 aliphatic carbocycles. The van der Waals surface area contributed by atoms with Crippen LogP contribution in [0.1, 0.15) is 5.56 Å². The van der Waals surface area contributed by atoms with Crippen LogP contribution in [-0.4, -0.2) is 11.2 Å². The van der Waals surface area contributed by atoms with Gasteiger partial charge in [0.15, 0.2) is 0 Å². The highest BCUT2D eigenvalue weighted by Gasteiger charge is 2.05. The third kappa shape index (κ3) is 3.02. The van der Waals surface area contributed by atoms with Crippen molar-refractivity contribution in [1.29, 1.82) is 0 Å². The van der Waals surface area contributed by atoms with Gasteiger partial charge >= 0.3 is 6.09 Å². The second-order valence-corrected chi connectivity index (χ2v) is 4.26. The molecule has 0 saturated heterocycles. The quantitative estimate of drug-likeness (QED) is 0.883. The van der Waals surface area contributed by atoms with Crippen LogP contribution in [0.4, 0.5) is 4.79 Å². The van der Waals surface area contributed by atoms with Crippen LogP contribution in [0.15, 0.2) is 48.5 Å². The summed E-state index contributed by atoms with van der Waals surface area (Å²) >= 11 is 5.96. The molecule has 0 radical (unpaired) electrons. The van der Waals surface area contributed by atoms with Crippen molar-refractivity contribution in [2.45, 2.75) is 6.54 Å². The zero-order valence-corrected chi connectivity index (χ0v) is 10.3. The first kappa shape index (κ1) is 12.5. The summed E-state index contributed by atoms with van der Waals surface area (Å²) in [4.78, 5) is 10.5. The molecule has 2 N–H and O–H groups in total. The molecule has 0 fully saturated rings. The molecule has 0 saturated carbocycles. The molecule has 92 valence electrons. The predicted octanol–water partition coefficient (Wildman–Crippen LogP) is 3.77. The number of halogens is 1. The molecule has 0 aliphatic rings. The van der Waals surface area contributed by atoms with Crippen LogP contribution in [-0.2, 0) is 6.54 Å². The fourth-order valence-corrected chi connectivity index (χ4v) is 1.97. The summed E-state index contributed by atoms with van der Waals surface area (Å²) in [6, 6.07) is 15.1. The van der Waals surface area contributed by atoms with E-state index in [1.54, 1.807) is 0 Å². The van der Waals surface area contributed by atoms with Crippen molar-refractivity contribution in [2.24, 2.45) is 0 Å². The average molecular weight is 262 g/mol. The van der Waals surface area contributed by atoms with Gasteiger partial charge in [0.1, 0.15) is 0 Å². The molecule has 0 unspecified atom stereocenters. The zero-order chi connectivity index (χ0) is 13.0. The van der Waals surface area contributed by atoms with Crippen molar-refractivity contribution in [3.8, 4) is 11.1 Å². The normalized spacial score (nSPS) is 10.1. The number of hydrogen-bond acceptors (Lipinski definition) is 1. The first-order valence-corrected chi connectivity index (χ1v) is 5.85. The summed E-state index contributed by atoms with van der Waals surface area (Å²) in [7, 11) is 0. The SMILES string of the molecule is O=C(O)NCc1ccccc1-c1cccc(Cl)c1. The predicted molar refractivity (Wildman–Crippen MR) is 71.8 cm³/mol. The number of rotatable bonds is 3. The van der Waals surface area contributed by atoms with E-state index in [9.17, 15) is 4.79 Å². The lowest BCUT2D eigenvalue weighted by Crippen LogP contribution is -2.20. The van der Waals surface area contributed by atoms with Crippen LogP contribution < -0.4 is 5.32 Å². The van der Waals surface area contributed by atoms with Gasteiger partial charge in [0.2, 0.25) is 0 Å². The lowest BCUT2D eigenvalue weighted by molar-refractivity contribution is 0.194. The van der Waals surface area contributed by atoms with Crippen LogP contribution in [0.2, 0.25) is 5.02 Å². The Labute approximate surface area is 110 Å². The van der Waals surface area contributed by atoms with Crippen LogP contribution in [0.25, 0.3) is 11.1 Å². The smallest absolute Gasteiger partial charge is 0.404 e. The van der Waals surface area contributed by atoms with E-state index in [1.165, 1.54) is 0 Å². The minimum absolute atomic E-state index is 0.276. The fraction of sp³-hybridized carbons (Fsp3) is 0.0714. The number of nitrogens with one attached hydrogen (secondary N) is 1. The number of carboxylic acid groups (broad SMARTS) is 1. The topological polar surface area (TPSA) is 49.3 Å². The van der Waals surface area contributed by atoms with E-state index in [0.29, 0.717) is 5.02 Å². The van der Waals surface area contributed by atoms with E-state index < -0.39 is 6.09 Å². The van der Waals surface area contributed by atoms with E-state index in [0.717, 1.165) is 16.7 Å². The summed E-state index contributed by atoms with van der Waals surface area (Å²) in [6.07, 6.45) is -1.03. The Morgan fingerprint density at radius 2 is 1.94 bits per heavy atom. The van der Waals surface area contributed by atoms with Gasteiger partial charge in [-0.05, 0) is 28.8 Å². The molecule has 0 heterocycles. The van der Waals surface area contributed by atoms with E-state index in [1.807, 2.05) is 48.5 Å². The van der Waals surface area contributed by atoms with E-state index in [4.69, 9.17) is 16.7 Å². The molecule has 0 spiro atoms. The molecule has 0 bridgehead atoms. The molecule has 1 amide bonds. The summed E-state index contributed by atoms with van der Waals surface area (Å²) in [5.41, 5.74) is 2.88. The lowest BCUT2D eigenvalue weighted by atomic mass is 10.00. The molecule has 3 nitrogen and oxygen atoms in total. The molecule has 2 aromatic rings. The van der Waals surface area contributed by atoms with Crippen molar-refractivity contribution in [1.82, 2.24) is 5.32 Å². The van der Waals surface area contributed by atoms with Crippen LogP contribution in [0.3, 0.4) is 0 Å². The fourth-order valence-electron chi connectivity index (χ4n) is 1.78. The maximum absolute atomic E-state index is 10.5. The van der Waals surface area contributed by atoms with Crippen molar-refractivity contribution >= 4 is 17.7 Å². The summed E-state index contributed by atoms with van der Waals surface area (Å²) in [6.45, 7) is 0.276. The molecule has 4 heteroatoms. The summed E-state index contributed by atoms with van der Waals surface area (Å²) in [5, 5.41) is 11.7. The molecule has 18 heavy (non-hydrogen) atoms. The molecule has 2 rings (SSSR count). The monoisotopic (exact) mass is 261 g/mol. The van der Waals surface area contributed by atoms with Gasteiger partial charge in [-0.2, -0.15) is 0 Å². The van der Waals surface area contributed by atoms with Crippen molar-refractivity contribution in [3.63, 3.8) is 0 Å². The minimum Gasteiger partial charge on any atom is -0.465 e. The van der Waals surface area contributed by atoms with E-state index in [-0.39, 0.29) is 6.54 Å². The van der Waals surface area contributed by atoms with Gasteiger partial charge in [-0.1, -0.05) is 48.0 Å². The van der Waals surface area contributed by atoms with Crippen LogP contribution in [0, 0.1) is 0 Å². The van der Waals surface area contributed by atoms with Gasteiger partial charge < -0.3 is 10.4 Å². The Kier molecular flexibility index (Phi) is 3.85. The highest BCUT2D eigenvalue weighted by molar-refractivity contribution is 6.30. The van der Waals surface area contributed by atoms with Gasteiger partial charge in [-0.3, -0.25) is 0 Å². The highest BCUT2D eigenvalue weighted by Crippen LogP contribution is 2.25. The van der Waals surface area contributed by atoms with Crippen molar-refractivity contribution in [3.05, 3.63) is 59.1 Å². The second kappa shape index (κ2) is 5.56. The van der Waals surface area contributed by atoms with Gasteiger partial charge in [0.05, 0.1) is 0 Å². The van der Waals surface area contributed by atoms with Crippen LogP contribution >= 0.6 is 11.6 Å². The molecule has 0 aliphatic heterocycles. The Balaban J connectivity index is 2.35. The van der Waals surface area contributed by atoms with Crippen LogP contribution in [0.5, 0.6) is 0 Å². The molecule has 2 aromatic carbocycles. The maximum Gasteiger partial charge on any atom is 0.404 e. The number of amides is 1. The van der Waals surface area contributed by atoms with E-state index >= 15 is 0 Å². The maximum atomic E-state index is 10.5. The summed E-state index contributed by atoms with van der Waals surface area (Å²) in [5.74, 6) is 0. The number of benzene rings is 2. The Hall–Kier alpha value is -2.00. The number of carbonyl (C=O) groups is 1. The molecular weight excluding hydrogens is 250 g/mol. The largest absolute Gasteiger partial charge is 0.465 e. The number of hydrogen-bond donors (Lipinski definition) is 2. The second-order valence-electron chi connectivity index (χ2n) is 3.83. The third-order valence-electron chi connectivity index (χ3n) is 2.58. The van der Waals surface area contributed by atoms with Crippen molar-refractivity contribution in [2.75, 3.05) is 0 Å². The summed E-state index contributed by atoms with van der Waals surface area (Å²) < 4.78 is 0. The van der Waals surface area contributed by atoms with Crippen molar-refractivity contribution < 1.29 is 9.90 Å². The minimum atomic E-state index is -1.03. The van der Waals surface area contributed by atoms with Gasteiger partial charge in [0, 0.05) is 11.6 Å². The van der Waals surface area contributed by atoms with Gasteiger partial charge in [0.25, 0.3) is 0 Å². The highest BCUT2D eigenvalue weighted by atomic mass is 35.5. The lowest BCUT2D eigenvalue weighted by Gasteiger charge is -2.09. The molecular formula is C14H12ClNO2. The molecule has 0 atom stereocenters. The standard InChI is InChI=1S/C14H12ClNO2/c15-12-6-3-5-10(8-12)13-7-2-1-4-11(13)9-16-14(17)18/h1-8,16H,9H2,(H,17,18). The Morgan fingerprint density at radius 1 is 1.17 bits per heavy atom. The first-order valence-electron chi connectivity index (χ1n) is 5.47.